The zero-order valence-corrected chi connectivity index (χ0v) is 13.0. The lowest BCUT2D eigenvalue weighted by Crippen LogP contribution is -2.42. The van der Waals surface area contributed by atoms with Crippen LogP contribution in [-0.2, 0) is 6.42 Å². The molecule has 0 heterocycles. The first kappa shape index (κ1) is 15.8. The number of benzene rings is 1. The molecule has 0 radical (unpaired) electrons. The van der Waals surface area contributed by atoms with Crippen LogP contribution < -0.4 is 5.32 Å². The van der Waals surface area contributed by atoms with E-state index in [0.29, 0.717) is 5.92 Å². The standard InChI is InChI=1S/C17H26N2O2/c1-3-13-4-8-15(9-5-13)18-17(21)19(2)16-10-6-14(12-20)7-11-16/h4-5,8-9,14,16,20H,3,6-7,10-12H2,1-2H3,(H,18,21). The number of hydrogen-bond acceptors (Lipinski definition) is 2. The maximum absolute atomic E-state index is 12.3. The van der Waals surface area contributed by atoms with Gasteiger partial charge >= 0.3 is 6.03 Å². The minimum Gasteiger partial charge on any atom is -0.396 e. The molecule has 0 spiro atoms. The van der Waals surface area contributed by atoms with E-state index in [-0.39, 0.29) is 18.7 Å². The van der Waals surface area contributed by atoms with Crippen molar-refractivity contribution in [3.63, 3.8) is 0 Å². The summed E-state index contributed by atoms with van der Waals surface area (Å²) in [5.41, 5.74) is 2.11. The van der Waals surface area contributed by atoms with Crippen LogP contribution in [0.4, 0.5) is 10.5 Å². The molecule has 1 saturated carbocycles. The van der Waals surface area contributed by atoms with Crippen molar-refractivity contribution < 1.29 is 9.90 Å². The van der Waals surface area contributed by atoms with Gasteiger partial charge in [0.25, 0.3) is 0 Å². The molecule has 21 heavy (non-hydrogen) atoms. The van der Waals surface area contributed by atoms with E-state index >= 15 is 0 Å². The number of rotatable bonds is 4. The molecule has 4 heteroatoms. The highest BCUT2D eigenvalue weighted by molar-refractivity contribution is 5.89. The minimum absolute atomic E-state index is 0.0494. The van der Waals surface area contributed by atoms with Gasteiger partial charge in [0, 0.05) is 25.4 Å². The third kappa shape index (κ3) is 4.21. The summed E-state index contributed by atoms with van der Waals surface area (Å²) < 4.78 is 0. The Morgan fingerprint density at radius 3 is 2.38 bits per heavy atom. The van der Waals surface area contributed by atoms with Crippen LogP contribution in [0.3, 0.4) is 0 Å². The van der Waals surface area contributed by atoms with Crippen LogP contribution in [0.15, 0.2) is 24.3 Å². The Morgan fingerprint density at radius 2 is 1.86 bits per heavy atom. The van der Waals surface area contributed by atoms with Gasteiger partial charge in [0.1, 0.15) is 0 Å². The lowest BCUT2D eigenvalue weighted by molar-refractivity contribution is 0.139. The van der Waals surface area contributed by atoms with E-state index in [0.717, 1.165) is 37.8 Å². The largest absolute Gasteiger partial charge is 0.396 e. The molecular formula is C17H26N2O2. The number of urea groups is 1. The SMILES string of the molecule is CCc1ccc(NC(=O)N(C)C2CCC(CO)CC2)cc1. The molecular weight excluding hydrogens is 264 g/mol. The molecule has 2 N–H and O–H groups in total. The van der Waals surface area contributed by atoms with E-state index in [1.807, 2.05) is 31.3 Å². The molecule has 1 aromatic carbocycles. The van der Waals surface area contributed by atoms with E-state index in [1.54, 1.807) is 4.90 Å². The van der Waals surface area contributed by atoms with Gasteiger partial charge in [-0.05, 0) is 55.7 Å². The average molecular weight is 290 g/mol. The van der Waals surface area contributed by atoms with Crippen molar-refractivity contribution in [2.24, 2.45) is 5.92 Å². The van der Waals surface area contributed by atoms with Crippen LogP contribution in [0, 0.1) is 5.92 Å². The first-order chi connectivity index (χ1) is 10.1. The number of amides is 2. The van der Waals surface area contributed by atoms with E-state index in [2.05, 4.69) is 12.2 Å². The van der Waals surface area contributed by atoms with Crippen molar-refractivity contribution in [2.45, 2.75) is 45.1 Å². The second kappa shape index (κ2) is 7.46. The van der Waals surface area contributed by atoms with Crippen molar-refractivity contribution in [3.05, 3.63) is 29.8 Å². The van der Waals surface area contributed by atoms with Gasteiger partial charge in [-0.25, -0.2) is 4.79 Å². The van der Waals surface area contributed by atoms with Crippen LogP contribution in [0.2, 0.25) is 0 Å². The quantitative estimate of drug-likeness (QED) is 0.894. The Hall–Kier alpha value is -1.55. The van der Waals surface area contributed by atoms with Gasteiger partial charge < -0.3 is 15.3 Å². The Balaban J connectivity index is 1.87. The van der Waals surface area contributed by atoms with Crippen LogP contribution in [0.5, 0.6) is 0 Å². The first-order valence-electron chi connectivity index (χ1n) is 7.87. The van der Waals surface area contributed by atoms with Crippen LogP contribution in [0.25, 0.3) is 0 Å². The second-order valence-corrected chi connectivity index (χ2v) is 5.95. The molecule has 116 valence electrons. The van der Waals surface area contributed by atoms with Crippen molar-refractivity contribution in [1.29, 1.82) is 0 Å². The highest BCUT2D eigenvalue weighted by Gasteiger charge is 2.26. The monoisotopic (exact) mass is 290 g/mol. The number of anilines is 1. The second-order valence-electron chi connectivity index (χ2n) is 5.95. The number of hydrogen-bond donors (Lipinski definition) is 2. The van der Waals surface area contributed by atoms with E-state index < -0.39 is 0 Å². The maximum atomic E-state index is 12.3. The van der Waals surface area contributed by atoms with Gasteiger partial charge in [-0.15, -0.1) is 0 Å². The normalized spacial score (nSPS) is 21.9. The van der Waals surface area contributed by atoms with Crippen molar-refractivity contribution >= 4 is 11.7 Å². The van der Waals surface area contributed by atoms with E-state index in [1.165, 1.54) is 5.56 Å². The number of aliphatic hydroxyl groups is 1. The third-order valence-electron chi connectivity index (χ3n) is 4.56. The number of aryl methyl sites for hydroxylation is 1. The number of carbonyl (C=O) groups is 1. The van der Waals surface area contributed by atoms with Crippen molar-refractivity contribution in [3.8, 4) is 0 Å². The van der Waals surface area contributed by atoms with Gasteiger partial charge in [-0.1, -0.05) is 19.1 Å². The van der Waals surface area contributed by atoms with Gasteiger partial charge in [-0.3, -0.25) is 0 Å². The van der Waals surface area contributed by atoms with Crippen molar-refractivity contribution in [2.75, 3.05) is 19.0 Å². The number of nitrogens with zero attached hydrogens (tertiary/aromatic N) is 1. The molecule has 2 amide bonds. The summed E-state index contributed by atoms with van der Waals surface area (Å²) in [6.45, 7) is 2.39. The molecule has 0 saturated heterocycles. The van der Waals surface area contributed by atoms with Crippen LogP contribution >= 0.6 is 0 Å². The highest BCUT2D eigenvalue weighted by atomic mass is 16.3. The van der Waals surface area contributed by atoms with Crippen LogP contribution in [0.1, 0.15) is 38.2 Å². The lowest BCUT2D eigenvalue weighted by Gasteiger charge is -2.34. The average Bonchev–Trinajstić information content (AvgIpc) is 2.55. The van der Waals surface area contributed by atoms with E-state index in [9.17, 15) is 4.79 Å². The van der Waals surface area contributed by atoms with Gasteiger partial charge in [0.2, 0.25) is 0 Å². The van der Waals surface area contributed by atoms with Gasteiger partial charge in [-0.2, -0.15) is 0 Å². The zero-order valence-electron chi connectivity index (χ0n) is 13.0. The van der Waals surface area contributed by atoms with E-state index in [4.69, 9.17) is 5.11 Å². The topological polar surface area (TPSA) is 52.6 Å². The third-order valence-corrected chi connectivity index (χ3v) is 4.56. The number of nitrogens with one attached hydrogen (secondary N) is 1. The summed E-state index contributed by atoms with van der Waals surface area (Å²) in [6, 6.07) is 8.22. The molecule has 0 atom stereocenters. The Kier molecular flexibility index (Phi) is 5.62. The maximum Gasteiger partial charge on any atom is 0.321 e. The first-order valence-corrected chi connectivity index (χ1v) is 7.87. The summed E-state index contributed by atoms with van der Waals surface area (Å²) in [5, 5.41) is 12.1. The molecule has 0 aromatic heterocycles. The molecule has 0 bridgehead atoms. The molecule has 4 nitrogen and oxygen atoms in total. The van der Waals surface area contributed by atoms with Crippen LogP contribution in [-0.4, -0.2) is 35.7 Å². The highest BCUT2D eigenvalue weighted by Crippen LogP contribution is 2.27. The minimum atomic E-state index is -0.0494. The lowest BCUT2D eigenvalue weighted by atomic mass is 9.86. The number of aliphatic hydroxyl groups excluding tert-OH is 1. The molecule has 1 fully saturated rings. The fourth-order valence-electron chi connectivity index (χ4n) is 2.92. The smallest absolute Gasteiger partial charge is 0.321 e. The Labute approximate surface area is 127 Å². The number of carbonyl (C=O) groups excluding carboxylic acids is 1. The molecule has 1 aliphatic carbocycles. The van der Waals surface area contributed by atoms with Gasteiger partial charge in [0.15, 0.2) is 0 Å². The summed E-state index contributed by atoms with van der Waals surface area (Å²) >= 11 is 0. The van der Waals surface area contributed by atoms with Gasteiger partial charge in [0.05, 0.1) is 0 Å². The summed E-state index contributed by atoms with van der Waals surface area (Å²) in [6.07, 6.45) is 4.96. The predicted molar refractivity (Wildman–Crippen MR) is 85.4 cm³/mol. The Morgan fingerprint density at radius 1 is 1.24 bits per heavy atom. The predicted octanol–water partition coefficient (Wildman–Crippen LogP) is 3.26. The zero-order chi connectivity index (χ0) is 15.2. The summed E-state index contributed by atoms with van der Waals surface area (Å²) in [7, 11) is 1.86. The molecule has 0 aliphatic heterocycles. The molecule has 1 aliphatic rings. The molecule has 2 rings (SSSR count). The molecule has 0 unspecified atom stereocenters. The van der Waals surface area contributed by atoms with Crippen molar-refractivity contribution in [1.82, 2.24) is 4.90 Å². The fraction of sp³-hybridized carbons (Fsp3) is 0.588. The fourth-order valence-corrected chi connectivity index (χ4v) is 2.92. The molecule has 1 aromatic rings. The Bertz CT molecular complexity index is 450. The summed E-state index contributed by atoms with van der Waals surface area (Å²) in [4.78, 5) is 14.1. The summed E-state index contributed by atoms with van der Waals surface area (Å²) in [5.74, 6) is 0.416.